The van der Waals surface area contributed by atoms with E-state index in [0.29, 0.717) is 50.5 Å². The van der Waals surface area contributed by atoms with Gasteiger partial charge in [-0.25, -0.2) is 8.78 Å². The number of aromatic nitrogens is 1. The predicted molar refractivity (Wildman–Crippen MR) is 127 cm³/mol. The van der Waals surface area contributed by atoms with E-state index in [1.54, 1.807) is 24.0 Å². The lowest BCUT2D eigenvalue weighted by atomic mass is 9.98. The summed E-state index contributed by atoms with van der Waals surface area (Å²) in [4.78, 5) is 29.0. The Labute approximate surface area is 208 Å². The van der Waals surface area contributed by atoms with Crippen LogP contribution in [0.5, 0.6) is 0 Å². The van der Waals surface area contributed by atoms with Crippen LogP contribution < -0.4 is 0 Å². The van der Waals surface area contributed by atoms with E-state index < -0.39 is 17.7 Å². The first-order chi connectivity index (χ1) is 17.4. The summed E-state index contributed by atoms with van der Waals surface area (Å²) in [6.07, 6.45) is 3.37. The second-order valence-electron chi connectivity index (χ2n) is 9.27. The van der Waals surface area contributed by atoms with E-state index >= 15 is 0 Å². The van der Waals surface area contributed by atoms with E-state index in [2.05, 4.69) is 9.47 Å². The third-order valence-electron chi connectivity index (χ3n) is 6.96. The zero-order valence-electron chi connectivity index (χ0n) is 20.2. The molecule has 2 aliphatic rings. The first-order valence-corrected chi connectivity index (χ1v) is 12.3. The molecule has 0 N–H and O–H groups in total. The number of ether oxygens (including phenoxy) is 1. The van der Waals surface area contributed by atoms with Crippen molar-refractivity contribution in [3.8, 4) is 0 Å². The molecule has 2 atom stereocenters. The van der Waals surface area contributed by atoms with Gasteiger partial charge >= 0.3 is 5.97 Å². The van der Waals surface area contributed by atoms with E-state index in [0.717, 1.165) is 24.7 Å². The number of furan rings is 1. The summed E-state index contributed by atoms with van der Waals surface area (Å²) >= 11 is 0. The third kappa shape index (κ3) is 4.80. The van der Waals surface area contributed by atoms with Crippen molar-refractivity contribution in [2.24, 2.45) is 5.92 Å². The van der Waals surface area contributed by atoms with E-state index in [4.69, 9.17) is 9.15 Å². The van der Waals surface area contributed by atoms with Crippen LogP contribution in [-0.2, 0) is 22.6 Å². The van der Waals surface area contributed by atoms with Crippen molar-refractivity contribution in [3.63, 3.8) is 0 Å². The minimum Gasteiger partial charge on any atom is -0.466 e. The van der Waals surface area contributed by atoms with E-state index in [9.17, 15) is 18.4 Å². The number of nitrogens with zero attached hydrogens (tertiary/aromatic N) is 3. The molecule has 0 radical (unpaired) electrons. The summed E-state index contributed by atoms with van der Waals surface area (Å²) in [6.45, 7) is 4.64. The number of carbonyl (C=O) groups excluding carboxylic acids is 2. The summed E-state index contributed by atoms with van der Waals surface area (Å²) in [5.41, 5.74) is 1.30. The van der Waals surface area contributed by atoms with E-state index in [1.165, 1.54) is 12.1 Å². The molecule has 3 aromatic rings. The molecule has 0 saturated carbocycles. The van der Waals surface area contributed by atoms with Gasteiger partial charge in [0, 0.05) is 49.7 Å². The largest absolute Gasteiger partial charge is 0.466 e. The lowest BCUT2D eigenvalue weighted by Crippen LogP contribution is -2.42. The van der Waals surface area contributed by atoms with Crippen LogP contribution >= 0.6 is 0 Å². The molecule has 0 bridgehead atoms. The van der Waals surface area contributed by atoms with Crippen LogP contribution in [0.25, 0.3) is 0 Å². The average molecular weight is 498 g/mol. The van der Waals surface area contributed by atoms with Crippen LogP contribution in [0.3, 0.4) is 0 Å². The predicted octanol–water partition coefficient (Wildman–Crippen LogP) is 4.38. The third-order valence-corrected chi connectivity index (χ3v) is 6.96. The quantitative estimate of drug-likeness (QED) is 0.473. The van der Waals surface area contributed by atoms with Crippen molar-refractivity contribution in [1.29, 1.82) is 0 Å². The molecule has 7 nitrogen and oxygen atoms in total. The summed E-state index contributed by atoms with van der Waals surface area (Å²) in [5, 5.41) is 0. The van der Waals surface area contributed by atoms with Crippen molar-refractivity contribution < 1.29 is 27.5 Å². The van der Waals surface area contributed by atoms with Crippen LogP contribution in [0.15, 0.2) is 53.1 Å². The molecule has 5 rings (SSSR count). The first kappa shape index (κ1) is 24.2. The summed E-state index contributed by atoms with van der Waals surface area (Å²) in [7, 11) is 0. The Hall–Kier alpha value is -3.46. The van der Waals surface area contributed by atoms with Gasteiger partial charge in [-0.1, -0.05) is 6.07 Å². The summed E-state index contributed by atoms with van der Waals surface area (Å²) < 4.78 is 41.5. The zero-order chi connectivity index (χ0) is 25.2. The van der Waals surface area contributed by atoms with Gasteiger partial charge in [0.15, 0.2) is 5.76 Å². The summed E-state index contributed by atoms with van der Waals surface area (Å²) in [6, 6.07) is 10.5. The standard InChI is InChI=1S/C27H29F2N3O4/c1-2-35-27(34)18-5-3-12-32(16-18)26(33)24-10-8-20(36-24)17-31-14-13-30-11-4-6-23(30)25(31)21-9-7-19(28)15-22(21)29/h4,6-11,15,18,25H,2-3,5,12-14,16-17H2,1H3. The zero-order valence-corrected chi connectivity index (χ0v) is 20.2. The van der Waals surface area contributed by atoms with Gasteiger partial charge in [0.1, 0.15) is 17.4 Å². The molecular formula is C27H29F2N3O4. The monoisotopic (exact) mass is 497 g/mol. The van der Waals surface area contributed by atoms with Crippen molar-refractivity contribution in [3.05, 3.63) is 83.1 Å². The number of hydrogen-bond donors (Lipinski definition) is 0. The van der Waals surface area contributed by atoms with Gasteiger partial charge < -0.3 is 18.6 Å². The first-order valence-electron chi connectivity index (χ1n) is 12.3. The number of rotatable bonds is 6. The molecule has 1 aromatic carbocycles. The van der Waals surface area contributed by atoms with Gasteiger partial charge in [0.25, 0.3) is 5.91 Å². The van der Waals surface area contributed by atoms with E-state index in [1.807, 2.05) is 18.3 Å². The minimum atomic E-state index is -0.619. The maximum Gasteiger partial charge on any atom is 0.310 e. The Bertz CT molecular complexity index is 1250. The Kier molecular flexibility index (Phi) is 6.91. The molecular weight excluding hydrogens is 468 g/mol. The fourth-order valence-corrected chi connectivity index (χ4v) is 5.23. The highest BCUT2D eigenvalue weighted by atomic mass is 19.1. The van der Waals surface area contributed by atoms with Gasteiger partial charge in [-0.2, -0.15) is 0 Å². The highest BCUT2D eigenvalue weighted by Crippen LogP contribution is 2.35. The molecule has 0 aliphatic carbocycles. The summed E-state index contributed by atoms with van der Waals surface area (Å²) in [5.74, 6) is -1.30. The second-order valence-corrected chi connectivity index (χ2v) is 9.27. The van der Waals surface area contributed by atoms with Gasteiger partial charge in [0.2, 0.25) is 0 Å². The van der Waals surface area contributed by atoms with Gasteiger partial charge in [-0.15, -0.1) is 0 Å². The highest BCUT2D eigenvalue weighted by Gasteiger charge is 2.33. The number of esters is 1. The Morgan fingerprint density at radius 1 is 1.11 bits per heavy atom. The molecule has 1 saturated heterocycles. The number of benzene rings is 1. The number of halogens is 2. The molecule has 2 unspecified atom stereocenters. The normalized spacial score (nSPS) is 20.2. The van der Waals surface area contributed by atoms with Crippen LogP contribution in [0.2, 0.25) is 0 Å². The Morgan fingerprint density at radius 3 is 2.78 bits per heavy atom. The number of carbonyl (C=O) groups is 2. The lowest BCUT2D eigenvalue weighted by Gasteiger charge is -2.37. The Morgan fingerprint density at radius 2 is 1.97 bits per heavy atom. The van der Waals surface area contributed by atoms with Crippen molar-refractivity contribution in [2.45, 2.75) is 38.9 Å². The molecule has 190 valence electrons. The topological polar surface area (TPSA) is 67.9 Å². The fraction of sp³-hybridized carbons (Fsp3) is 0.407. The second kappa shape index (κ2) is 10.3. The lowest BCUT2D eigenvalue weighted by molar-refractivity contribution is -0.149. The Balaban J connectivity index is 1.33. The number of piperidine rings is 1. The van der Waals surface area contributed by atoms with Crippen LogP contribution in [-0.4, -0.2) is 52.5 Å². The minimum absolute atomic E-state index is 0.208. The van der Waals surface area contributed by atoms with Gasteiger partial charge in [-0.3, -0.25) is 14.5 Å². The van der Waals surface area contributed by atoms with E-state index in [-0.39, 0.29) is 23.6 Å². The molecule has 2 aromatic heterocycles. The number of hydrogen-bond acceptors (Lipinski definition) is 5. The molecule has 0 spiro atoms. The van der Waals surface area contributed by atoms with Crippen molar-refractivity contribution >= 4 is 11.9 Å². The van der Waals surface area contributed by atoms with Crippen LogP contribution in [0.4, 0.5) is 8.78 Å². The SMILES string of the molecule is CCOC(=O)C1CCCN(C(=O)c2ccc(CN3CCn4cccc4C3c3ccc(F)cc3F)o2)C1. The fourth-order valence-electron chi connectivity index (χ4n) is 5.23. The van der Waals surface area contributed by atoms with Crippen LogP contribution in [0.1, 0.15) is 53.4 Å². The van der Waals surface area contributed by atoms with Gasteiger partial charge in [-0.05, 0) is 50.1 Å². The molecule has 4 heterocycles. The smallest absolute Gasteiger partial charge is 0.310 e. The van der Waals surface area contributed by atoms with Gasteiger partial charge in [0.05, 0.1) is 25.1 Å². The number of likely N-dealkylation sites (tertiary alicyclic amines) is 1. The molecule has 36 heavy (non-hydrogen) atoms. The van der Waals surface area contributed by atoms with Crippen molar-refractivity contribution in [2.75, 3.05) is 26.2 Å². The number of fused-ring (bicyclic) bond motifs is 1. The van der Waals surface area contributed by atoms with Crippen LogP contribution in [0, 0.1) is 17.6 Å². The maximum atomic E-state index is 14.8. The molecule has 2 aliphatic heterocycles. The average Bonchev–Trinajstić information content (AvgIpc) is 3.54. The number of amides is 1. The maximum absolute atomic E-state index is 14.8. The van der Waals surface area contributed by atoms with Crippen molar-refractivity contribution in [1.82, 2.24) is 14.4 Å². The molecule has 1 fully saturated rings. The molecule has 1 amide bonds. The molecule has 9 heteroatoms. The highest BCUT2D eigenvalue weighted by molar-refractivity contribution is 5.92.